The maximum absolute atomic E-state index is 5.96. The average molecular weight is 291 g/mol. The van der Waals surface area contributed by atoms with E-state index in [1.807, 2.05) is 18.2 Å². The third-order valence-electron chi connectivity index (χ3n) is 3.89. The second-order valence-electron chi connectivity index (χ2n) is 5.52. The molecule has 0 fully saturated rings. The van der Waals surface area contributed by atoms with Gasteiger partial charge in [-0.3, -0.25) is 0 Å². The average Bonchev–Trinajstić information content (AvgIpc) is 2.54. The van der Waals surface area contributed by atoms with E-state index in [0.717, 1.165) is 17.7 Å². The lowest BCUT2D eigenvalue weighted by Gasteiger charge is -2.14. The van der Waals surface area contributed by atoms with Crippen LogP contribution in [-0.4, -0.2) is 13.2 Å². The minimum absolute atomic E-state index is 0.641. The monoisotopic (exact) mass is 291 g/mol. The number of aryl methyl sites for hydroxylation is 2. The van der Waals surface area contributed by atoms with Gasteiger partial charge in [-0.2, -0.15) is 0 Å². The Hall–Kier alpha value is -2.48. The standard InChI is InChI=1S/C20H21NO/c1-15-7-5-8-16(2)20(15)21-13-14-22-19-12-6-10-17-9-3-4-11-18(17)19/h3-12,21H,13-14H2,1-2H3. The second-order valence-corrected chi connectivity index (χ2v) is 5.52. The van der Waals surface area contributed by atoms with Gasteiger partial charge in [0.2, 0.25) is 0 Å². The van der Waals surface area contributed by atoms with Crippen molar-refractivity contribution >= 4 is 16.5 Å². The van der Waals surface area contributed by atoms with Crippen molar-refractivity contribution in [3.63, 3.8) is 0 Å². The van der Waals surface area contributed by atoms with Gasteiger partial charge < -0.3 is 10.1 Å². The van der Waals surface area contributed by atoms with E-state index in [1.165, 1.54) is 22.2 Å². The molecule has 0 amide bonds. The van der Waals surface area contributed by atoms with E-state index in [4.69, 9.17) is 4.74 Å². The number of benzene rings is 3. The van der Waals surface area contributed by atoms with E-state index in [0.29, 0.717) is 6.61 Å². The minimum atomic E-state index is 0.641. The van der Waals surface area contributed by atoms with Crippen LogP contribution in [0.3, 0.4) is 0 Å². The molecule has 2 nitrogen and oxygen atoms in total. The Balaban J connectivity index is 1.63. The number of ether oxygens (including phenoxy) is 1. The zero-order chi connectivity index (χ0) is 15.4. The lowest BCUT2D eigenvalue weighted by atomic mass is 10.1. The summed E-state index contributed by atoms with van der Waals surface area (Å²) >= 11 is 0. The Morgan fingerprint density at radius 3 is 2.32 bits per heavy atom. The van der Waals surface area contributed by atoms with Gasteiger partial charge in [0.15, 0.2) is 0 Å². The molecule has 0 spiro atoms. The number of hydrogen-bond acceptors (Lipinski definition) is 2. The second kappa shape index (κ2) is 6.52. The molecule has 0 aliphatic heterocycles. The van der Waals surface area contributed by atoms with Crippen molar-refractivity contribution in [1.82, 2.24) is 0 Å². The smallest absolute Gasteiger partial charge is 0.127 e. The number of anilines is 1. The molecule has 0 unspecified atom stereocenters. The quantitative estimate of drug-likeness (QED) is 0.672. The Bertz CT molecular complexity index is 754. The predicted molar refractivity (Wildman–Crippen MR) is 93.8 cm³/mol. The number of fused-ring (bicyclic) bond motifs is 1. The summed E-state index contributed by atoms with van der Waals surface area (Å²) in [6.45, 7) is 5.68. The molecule has 22 heavy (non-hydrogen) atoms. The summed E-state index contributed by atoms with van der Waals surface area (Å²) in [7, 11) is 0. The van der Waals surface area contributed by atoms with Crippen LogP contribution in [0.5, 0.6) is 5.75 Å². The van der Waals surface area contributed by atoms with Gasteiger partial charge in [-0.25, -0.2) is 0 Å². The van der Waals surface area contributed by atoms with Crippen molar-refractivity contribution in [2.45, 2.75) is 13.8 Å². The fraction of sp³-hybridized carbons (Fsp3) is 0.200. The first-order valence-corrected chi connectivity index (χ1v) is 7.66. The van der Waals surface area contributed by atoms with Crippen molar-refractivity contribution in [2.24, 2.45) is 0 Å². The first-order valence-electron chi connectivity index (χ1n) is 7.66. The molecular weight excluding hydrogens is 270 g/mol. The molecule has 0 radical (unpaired) electrons. The Morgan fingerprint density at radius 2 is 1.50 bits per heavy atom. The molecule has 0 saturated heterocycles. The van der Waals surface area contributed by atoms with Gasteiger partial charge in [0.05, 0.1) is 0 Å². The highest BCUT2D eigenvalue weighted by Gasteiger charge is 2.03. The normalized spacial score (nSPS) is 10.6. The van der Waals surface area contributed by atoms with E-state index in [9.17, 15) is 0 Å². The molecule has 0 aromatic heterocycles. The third kappa shape index (κ3) is 3.06. The van der Waals surface area contributed by atoms with Crippen LogP contribution in [0.2, 0.25) is 0 Å². The minimum Gasteiger partial charge on any atom is -0.491 e. The molecule has 1 N–H and O–H groups in total. The van der Waals surface area contributed by atoms with E-state index in [-0.39, 0.29) is 0 Å². The topological polar surface area (TPSA) is 21.3 Å². The van der Waals surface area contributed by atoms with Gasteiger partial charge in [0, 0.05) is 17.6 Å². The summed E-state index contributed by atoms with van der Waals surface area (Å²) in [6, 6.07) is 20.8. The number of nitrogens with one attached hydrogen (secondary N) is 1. The molecule has 3 rings (SSSR count). The molecule has 0 atom stereocenters. The lowest BCUT2D eigenvalue weighted by molar-refractivity contribution is 0.337. The van der Waals surface area contributed by atoms with Crippen molar-refractivity contribution < 1.29 is 4.74 Å². The lowest BCUT2D eigenvalue weighted by Crippen LogP contribution is -2.13. The molecule has 2 heteroatoms. The molecule has 3 aromatic carbocycles. The predicted octanol–water partition coefficient (Wildman–Crippen LogP) is 4.95. The van der Waals surface area contributed by atoms with Crippen LogP contribution >= 0.6 is 0 Å². The zero-order valence-corrected chi connectivity index (χ0v) is 13.1. The summed E-state index contributed by atoms with van der Waals surface area (Å²) in [4.78, 5) is 0. The fourth-order valence-electron chi connectivity index (χ4n) is 2.75. The molecule has 0 aliphatic carbocycles. The fourth-order valence-corrected chi connectivity index (χ4v) is 2.75. The summed E-state index contributed by atoms with van der Waals surface area (Å²) in [5, 5.41) is 5.85. The van der Waals surface area contributed by atoms with Crippen molar-refractivity contribution in [3.05, 3.63) is 71.8 Å². The highest BCUT2D eigenvalue weighted by atomic mass is 16.5. The molecule has 0 bridgehead atoms. The highest BCUT2D eigenvalue weighted by Crippen LogP contribution is 2.25. The summed E-state index contributed by atoms with van der Waals surface area (Å²) in [5.41, 5.74) is 3.75. The van der Waals surface area contributed by atoms with Crippen molar-refractivity contribution in [1.29, 1.82) is 0 Å². The Labute approximate surface area is 131 Å². The summed E-state index contributed by atoms with van der Waals surface area (Å²) < 4.78 is 5.96. The molecule has 0 aliphatic rings. The third-order valence-corrected chi connectivity index (χ3v) is 3.89. The first-order chi connectivity index (χ1) is 10.8. The van der Waals surface area contributed by atoms with Crippen LogP contribution in [0.25, 0.3) is 10.8 Å². The van der Waals surface area contributed by atoms with Gasteiger partial charge in [-0.1, -0.05) is 54.6 Å². The van der Waals surface area contributed by atoms with E-state index < -0.39 is 0 Å². The van der Waals surface area contributed by atoms with Crippen LogP contribution in [0, 0.1) is 13.8 Å². The molecule has 3 aromatic rings. The van der Waals surface area contributed by atoms with Crippen LogP contribution in [0.4, 0.5) is 5.69 Å². The van der Waals surface area contributed by atoms with Crippen LogP contribution in [0.15, 0.2) is 60.7 Å². The van der Waals surface area contributed by atoms with E-state index >= 15 is 0 Å². The summed E-state index contributed by atoms with van der Waals surface area (Å²) in [6.07, 6.45) is 0. The largest absolute Gasteiger partial charge is 0.491 e. The maximum Gasteiger partial charge on any atom is 0.127 e. The van der Waals surface area contributed by atoms with Crippen LogP contribution in [0.1, 0.15) is 11.1 Å². The van der Waals surface area contributed by atoms with Gasteiger partial charge >= 0.3 is 0 Å². The molecule has 112 valence electrons. The van der Waals surface area contributed by atoms with Crippen molar-refractivity contribution in [3.8, 4) is 5.75 Å². The van der Waals surface area contributed by atoms with Crippen molar-refractivity contribution in [2.75, 3.05) is 18.5 Å². The van der Waals surface area contributed by atoms with Gasteiger partial charge in [0.25, 0.3) is 0 Å². The molecular formula is C20H21NO. The van der Waals surface area contributed by atoms with Gasteiger partial charge in [0.1, 0.15) is 12.4 Å². The number of hydrogen-bond donors (Lipinski definition) is 1. The van der Waals surface area contributed by atoms with Crippen LogP contribution in [-0.2, 0) is 0 Å². The SMILES string of the molecule is Cc1cccc(C)c1NCCOc1cccc2ccccc12. The van der Waals surface area contributed by atoms with Crippen LogP contribution < -0.4 is 10.1 Å². The number of para-hydroxylation sites is 1. The van der Waals surface area contributed by atoms with E-state index in [1.54, 1.807) is 0 Å². The van der Waals surface area contributed by atoms with Gasteiger partial charge in [-0.05, 0) is 36.4 Å². The first kappa shape index (κ1) is 14.5. The molecule has 0 heterocycles. The van der Waals surface area contributed by atoms with Gasteiger partial charge in [-0.15, -0.1) is 0 Å². The Kier molecular flexibility index (Phi) is 4.29. The Morgan fingerprint density at radius 1 is 0.818 bits per heavy atom. The zero-order valence-electron chi connectivity index (χ0n) is 13.1. The highest BCUT2D eigenvalue weighted by molar-refractivity contribution is 5.88. The summed E-state index contributed by atoms with van der Waals surface area (Å²) in [5.74, 6) is 0.946. The van der Waals surface area contributed by atoms with E-state index in [2.05, 4.69) is 61.6 Å². The number of rotatable bonds is 5. The maximum atomic E-state index is 5.96. The molecule has 0 saturated carbocycles.